The molecule has 0 aliphatic rings. The molecule has 88 valence electrons. The highest BCUT2D eigenvalue weighted by Gasteiger charge is 2.18. The summed E-state index contributed by atoms with van der Waals surface area (Å²) in [5.41, 5.74) is 5.77. The van der Waals surface area contributed by atoms with Crippen molar-refractivity contribution in [3.05, 3.63) is 18.1 Å². The van der Waals surface area contributed by atoms with E-state index in [9.17, 15) is 4.79 Å². The molecule has 0 bridgehead atoms. The molecule has 1 aromatic rings. The normalized spacial score (nSPS) is 12.2. The third-order valence-corrected chi connectivity index (χ3v) is 3.08. The molecule has 1 amide bonds. The van der Waals surface area contributed by atoms with Crippen LogP contribution in [0.3, 0.4) is 0 Å². The van der Waals surface area contributed by atoms with Crippen molar-refractivity contribution in [2.45, 2.75) is 13.0 Å². The maximum atomic E-state index is 12.0. The number of anilines is 1. The summed E-state index contributed by atoms with van der Waals surface area (Å²) >= 11 is 1.70. The van der Waals surface area contributed by atoms with Crippen LogP contribution in [0.25, 0.3) is 0 Å². The lowest BCUT2D eigenvalue weighted by Crippen LogP contribution is -2.37. The van der Waals surface area contributed by atoms with Gasteiger partial charge in [0.15, 0.2) is 0 Å². The van der Waals surface area contributed by atoms with E-state index in [-0.39, 0.29) is 23.5 Å². The minimum Gasteiger partial charge on any atom is -0.382 e. The number of nitrogens with zero attached hydrogens (tertiary/aromatic N) is 3. The predicted octanol–water partition coefficient (Wildman–Crippen LogP) is 0.882. The van der Waals surface area contributed by atoms with E-state index in [1.807, 2.05) is 13.2 Å². The van der Waals surface area contributed by atoms with Crippen LogP contribution in [0.5, 0.6) is 0 Å². The largest absolute Gasteiger partial charge is 0.382 e. The van der Waals surface area contributed by atoms with Crippen molar-refractivity contribution < 1.29 is 4.79 Å². The molecule has 1 heterocycles. The first-order valence-corrected chi connectivity index (χ1v) is 6.29. The van der Waals surface area contributed by atoms with Gasteiger partial charge in [-0.15, -0.1) is 0 Å². The second-order valence-corrected chi connectivity index (χ2v) is 4.46. The summed E-state index contributed by atoms with van der Waals surface area (Å²) in [6.45, 7) is 1.99. The third-order valence-electron chi connectivity index (χ3n) is 2.26. The Morgan fingerprint density at radius 3 is 2.88 bits per heavy atom. The molecule has 5 nitrogen and oxygen atoms in total. The van der Waals surface area contributed by atoms with Gasteiger partial charge in [-0.1, -0.05) is 0 Å². The van der Waals surface area contributed by atoms with E-state index < -0.39 is 0 Å². The van der Waals surface area contributed by atoms with Crippen molar-refractivity contribution in [2.75, 3.05) is 24.8 Å². The van der Waals surface area contributed by atoms with E-state index >= 15 is 0 Å². The predicted molar refractivity (Wildman–Crippen MR) is 66.4 cm³/mol. The van der Waals surface area contributed by atoms with E-state index in [1.54, 1.807) is 23.7 Å². The third kappa shape index (κ3) is 3.10. The lowest BCUT2D eigenvalue weighted by molar-refractivity contribution is 0.0751. The van der Waals surface area contributed by atoms with Crippen molar-refractivity contribution in [1.82, 2.24) is 14.9 Å². The molecule has 0 saturated heterocycles. The number of carbonyl (C=O) groups is 1. The zero-order valence-corrected chi connectivity index (χ0v) is 10.5. The molecule has 0 aromatic carbocycles. The molecule has 1 rings (SSSR count). The molecule has 0 saturated carbocycles. The highest BCUT2D eigenvalue weighted by molar-refractivity contribution is 7.98. The van der Waals surface area contributed by atoms with E-state index in [2.05, 4.69) is 9.97 Å². The van der Waals surface area contributed by atoms with Crippen molar-refractivity contribution in [3.63, 3.8) is 0 Å². The monoisotopic (exact) mass is 240 g/mol. The lowest BCUT2D eigenvalue weighted by Gasteiger charge is -2.23. The first-order chi connectivity index (χ1) is 7.56. The summed E-state index contributed by atoms with van der Waals surface area (Å²) < 4.78 is 0. The van der Waals surface area contributed by atoms with Crippen LogP contribution in [0.4, 0.5) is 5.82 Å². The second-order valence-electron chi connectivity index (χ2n) is 3.55. The van der Waals surface area contributed by atoms with E-state index in [4.69, 9.17) is 5.73 Å². The first-order valence-electron chi connectivity index (χ1n) is 4.90. The molecular weight excluding hydrogens is 224 g/mol. The van der Waals surface area contributed by atoms with E-state index in [1.165, 1.54) is 12.4 Å². The fourth-order valence-electron chi connectivity index (χ4n) is 1.22. The number of hydrogen-bond donors (Lipinski definition) is 1. The van der Waals surface area contributed by atoms with Gasteiger partial charge in [0.2, 0.25) is 0 Å². The lowest BCUT2D eigenvalue weighted by atomic mass is 10.3. The molecule has 1 aromatic heterocycles. The fourth-order valence-corrected chi connectivity index (χ4v) is 1.92. The van der Waals surface area contributed by atoms with Gasteiger partial charge < -0.3 is 10.6 Å². The van der Waals surface area contributed by atoms with Crippen LogP contribution in [-0.4, -0.2) is 45.9 Å². The Kier molecular flexibility index (Phi) is 4.54. The maximum absolute atomic E-state index is 12.0. The van der Waals surface area contributed by atoms with Gasteiger partial charge >= 0.3 is 0 Å². The second kappa shape index (κ2) is 5.69. The summed E-state index contributed by atoms with van der Waals surface area (Å²) in [7, 11) is 1.76. The minimum atomic E-state index is -0.152. The maximum Gasteiger partial charge on any atom is 0.274 e. The van der Waals surface area contributed by atoms with Gasteiger partial charge in [0, 0.05) is 18.8 Å². The van der Waals surface area contributed by atoms with Gasteiger partial charge in [0.05, 0.1) is 12.4 Å². The smallest absolute Gasteiger partial charge is 0.274 e. The molecule has 0 aliphatic heterocycles. The van der Waals surface area contributed by atoms with Crippen LogP contribution in [0.1, 0.15) is 17.4 Å². The summed E-state index contributed by atoms with van der Waals surface area (Å²) in [5, 5.41) is 0. The van der Waals surface area contributed by atoms with Crippen LogP contribution in [0.2, 0.25) is 0 Å². The molecule has 2 N–H and O–H groups in total. The molecule has 0 spiro atoms. The van der Waals surface area contributed by atoms with Crippen LogP contribution < -0.4 is 5.73 Å². The Bertz CT molecular complexity index is 372. The van der Waals surface area contributed by atoms with Crippen LogP contribution in [0, 0.1) is 0 Å². The van der Waals surface area contributed by atoms with Gasteiger partial charge in [-0.3, -0.25) is 9.78 Å². The van der Waals surface area contributed by atoms with Gasteiger partial charge in [0.1, 0.15) is 11.5 Å². The Hall–Kier alpha value is -1.30. The van der Waals surface area contributed by atoms with Gasteiger partial charge in [-0.25, -0.2) is 4.98 Å². The fraction of sp³-hybridized carbons (Fsp3) is 0.500. The Morgan fingerprint density at radius 1 is 1.62 bits per heavy atom. The Labute approximate surface area is 99.4 Å². The number of carbonyl (C=O) groups excluding carboxylic acids is 1. The molecule has 6 heteroatoms. The zero-order chi connectivity index (χ0) is 12.1. The SMILES string of the molecule is CSCC(C)N(C)C(=O)c1cncc(N)n1. The van der Waals surface area contributed by atoms with Crippen molar-refractivity contribution >= 4 is 23.5 Å². The Balaban J connectivity index is 2.77. The first kappa shape index (κ1) is 12.8. The highest BCUT2D eigenvalue weighted by Crippen LogP contribution is 2.08. The van der Waals surface area contributed by atoms with Crippen molar-refractivity contribution in [2.24, 2.45) is 0 Å². The summed E-state index contributed by atoms with van der Waals surface area (Å²) in [6, 6.07) is 0.158. The molecule has 16 heavy (non-hydrogen) atoms. The molecular formula is C10H16N4OS. The van der Waals surface area contributed by atoms with Gasteiger partial charge in [-0.2, -0.15) is 11.8 Å². The number of hydrogen-bond acceptors (Lipinski definition) is 5. The number of rotatable bonds is 4. The summed E-state index contributed by atoms with van der Waals surface area (Å²) in [5.74, 6) is 0.996. The molecule has 1 unspecified atom stereocenters. The van der Waals surface area contributed by atoms with E-state index in [0.717, 1.165) is 5.75 Å². The molecule has 0 radical (unpaired) electrons. The average Bonchev–Trinajstić information content (AvgIpc) is 2.27. The summed E-state index contributed by atoms with van der Waals surface area (Å²) in [6.07, 6.45) is 4.86. The van der Waals surface area contributed by atoms with Crippen LogP contribution in [-0.2, 0) is 0 Å². The number of nitrogen functional groups attached to an aromatic ring is 1. The van der Waals surface area contributed by atoms with Gasteiger partial charge in [-0.05, 0) is 13.2 Å². The highest BCUT2D eigenvalue weighted by atomic mass is 32.2. The number of amides is 1. The van der Waals surface area contributed by atoms with Crippen LogP contribution >= 0.6 is 11.8 Å². The Morgan fingerprint density at radius 2 is 2.31 bits per heavy atom. The standard InChI is InChI=1S/C10H16N4OS/c1-7(6-16-3)14(2)10(15)8-4-12-5-9(11)13-8/h4-5,7H,6H2,1-3H3,(H2,11,13). The van der Waals surface area contributed by atoms with Crippen LogP contribution in [0.15, 0.2) is 12.4 Å². The minimum absolute atomic E-state index is 0.152. The van der Waals surface area contributed by atoms with Crippen molar-refractivity contribution in [1.29, 1.82) is 0 Å². The van der Waals surface area contributed by atoms with Gasteiger partial charge in [0.25, 0.3) is 5.91 Å². The quantitative estimate of drug-likeness (QED) is 0.846. The van der Waals surface area contributed by atoms with Crippen molar-refractivity contribution in [3.8, 4) is 0 Å². The molecule has 0 fully saturated rings. The van der Waals surface area contributed by atoms with E-state index in [0.29, 0.717) is 0 Å². The molecule has 0 aliphatic carbocycles. The average molecular weight is 240 g/mol. The topological polar surface area (TPSA) is 72.1 Å². The molecule has 1 atom stereocenters. The number of aromatic nitrogens is 2. The zero-order valence-electron chi connectivity index (χ0n) is 9.67. The number of thioether (sulfide) groups is 1. The number of nitrogens with two attached hydrogens (primary N) is 1. The summed E-state index contributed by atoms with van der Waals surface area (Å²) in [4.78, 5) is 21.4.